The standard InChI is InChI=1S/C23H38O4/c1-15-6-7-16-14-19(24)23(4)18(8-9-20(23)25-5)22(16,3)17(15)10-11-21(2)26-12-13-27-21/h15-18,20H,6-14H2,1-5H3/t15-,16+,17+,18-,20-,22+,23-/m0/s1. The first kappa shape index (κ1) is 19.8. The van der Waals surface area contributed by atoms with Gasteiger partial charge in [0.1, 0.15) is 5.78 Å². The highest BCUT2D eigenvalue weighted by molar-refractivity contribution is 5.87. The summed E-state index contributed by atoms with van der Waals surface area (Å²) in [6, 6.07) is 0. The lowest BCUT2D eigenvalue weighted by atomic mass is 9.43. The van der Waals surface area contributed by atoms with Crippen LogP contribution in [0.15, 0.2) is 0 Å². The summed E-state index contributed by atoms with van der Waals surface area (Å²) in [7, 11) is 1.79. The number of ketones is 1. The molecular weight excluding hydrogens is 340 g/mol. The van der Waals surface area contributed by atoms with Crippen LogP contribution in [0.4, 0.5) is 0 Å². The van der Waals surface area contributed by atoms with Crippen LogP contribution in [0.5, 0.6) is 0 Å². The maximum absolute atomic E-state index is 13.3. The minimum Gasteiger partial charge on any atom is -0.380 e. The van der Waals surface area contributed by atoms with E-state index in [1.807, 2.05) is 0 Å². The molecule has 0 amide bonds. The van der Waals surface area contributed by atoms with Crippen molar-refractivity contribution in [3.8, 4) is 0 Å². The predicted molar refractivity (Wildman–Crippen MR) is 104 cm³/mol. The molecule has 0 aromatic heterocycles. The number of fused-ring (bicyclic) bond motifs is 3. The maximum Gasteiger partial charge on any atom is 0.165 e. The second-order valence-electron chi connectivity index (χ2n) is 10.4. The van der Waals surface area contributed by atoms with Crippen molar-refractivity contribution in [3.05, 3.63) is 0 Å². The molecule has 4 nitrogen and oxygen atoms in total. The molecule has 0 spiro atoms. The monoisotopic (exact) mass is 378 g/mol. The summed E-state index contributed by atoms with van der Waals surface area (Å²) in [6.45, 7) is 10.7. The van der Waals surface area contributed by atoms with Gasteiger partial charge in [0.05, 0.1) is 24.7 Å². The molecule has 0 aromatic carbocycles. The lowest BCUT2D eigenvalue weighted by Crippen LogP contribution is -2.60. The smallest absolute Gasteiger partial charge is 0.165 e. The SMILES string of the molecule is CO[C@H]1CC[C@@H]2[C@@]1(C)C(=O)C[C@H]1CC[C@H](C)[C@@H](CCC3(C)OCCO3)[C@@]12C. The molecule has 3 saturated carbocycles. The second kappa shape index (κ2) is 6.81. The van der Waals surface area contributed by atoms with Crippen LogP contribution in [0, 0.1) is 34.5 Å². The summed E-state index contributed by atoms with van der Waals surface area (Å²) in [5.74, 6) is 2.32. The Hall–Kier alpha value is -0.450. The van der Waals surface area contributed by atoms with Crippen LogP contribution < -0.4 is 0 Å². The first-order chi connectivity index (χ1) is 12.8. The van der Waals surface area contributed by atoms with E-state index < -0.39 is 5.79 Å². The van der Waals surface area contributed by atoms with Gasteiger partial charge in [-0.3, -0.25) is 4.79 Å². The molecule has 1 heterocycles. The fourth-order valence-corrected chi connectivity index (χ4v) is 7.75. The summed E-state index contributed by atoms with van der Waals surface area (Å²) in [5, 5.41) is 0. The Morgan fingerprint density at radius 3 is 2.44 bits per heavy atom. The van der Waals surface area contributed by atoms with Crippen LogP contribution in [0.1, 0.15) is 72.6 Å². The van der Waals surface area contributed by atoms with E-state index in [2.05, 4.69) is 27.7 Å². The van der Waals surface area contributed by atoms with Crippen LogP contribution in [0.2, 0.25) is 0 Å². The molecule has 0 radical (unpaired) electrons. The van der Waals surface area contributed by atoms with Crippen molar-refractivity contribution in [3.63, 3.8) is 0 Å². The number of Topliss-reactive ketones (excluding diaryl/α,β-unsaturated/α-hetero) is 1. The molecule has 27 heavy (non-hydrogen) atoms. The zero-order chi connectivity index (χ0) is 19.4. The van der Waals surface area contributed by atoms with Crippen molar-refractivity contribution in [1.29, 1.82) is 0 Å². The molecule has 4 fully saturated rings. The topological polar surface area (TPSA) is 44.8 Å². The molecule has 0 unspecified atom stereocenters. The van der Waals surface area contributed by atoms with Gasteiger partial charge in [0, 0.05) is 20.0 Å². The van der Waals surface area contributed by atoms with E-state index in [4.69, 9.17) is 14.2 Å². The lowest BCUT2D eigenvalue weighted by Gasteiger charge is -2.61. The summed E-state index contributed by atoms with van der Waals surface area (Å²) < 4.78 is 17.6. The van der Waals surface area contributed by atoms with E-state index in [1.54, 1.807) is 7.11 Å². The minimum atomic E-state index is -0.415. The number of ether oxygens (including phenoxy) is 3. The van der Waals surface area contributed by atoms with Crippen molar-refractivity contribution in [1.82, 2.24) is 0 Å². The highest BCUT2D eigenvalue weighted by Crippen LogP contribution is 2.67. The highest BCUT2D eigenvalue weighted by Gasteiger charge is 2.66. The van der Waals surface area contributed by atoms with Gasteiger partial charge in [-0.15, -0.1) is 0 Å². The van der Waals surface area contributed by atoms with Gasteiger partial charge in [-0.25, -0.2) is 0 Å². The van der Waals surface area contributed by atoms with Crippen molar-refractivity contribution < 1.29 is 19.0 Å². The van der Waals surface area contributed by atoms with E-state index in [1.165, 1.54) is 12.8 Å². The molecule has 3 aliphatic carbocycles. The molecule has 1 aliphatic heterocycles. The van der Waals surface area contributed by atoms with E-state index in [0.29, 0.717) is 42.7 Å². The Morgan fingerprint density at radius 1 is 1.07 bits per heavy atom. The zero-order valence-corrected chi connectivity index (χ0v) is 17.9. The number of hydrogen-bond acceptors (Lipinski definition) is 4. The molecule has 0 aromatic rings. The first-order valence-electron chi connectivity index (χ1n) is 11.1. The summed E-state index contributed by atoms with van der Waals surface area (Å²) >= 11 is 0. The molecule has 4 heteroatoms. The van der Waals surface area contributed by atoms with E-state index in [9.17, 15) is 4.79 Å². The van der Waals surface area contributed by atoms with Crippen LogP contribution in [0.3, 0.4) is 0 Å². The van der Waals surface area contributed by atoms with Gasteiger partial charge in [-0.1, -0.05) is 20.3 Å². The fraction of sp³-hybridized carbons (Fsp3) is 0.957. The Bertz CT molecular complexity index is 583. The van der Waals surface area contributed by atoms with Crippen LogP contribution in [0.25, 0.3) is 0 Å². The van der Waals surface area contributed by atoms with E-state index in [-0.39, 0.29) is 16.9 Å². The zero-order valence-electron chi connectivity index (χ0n) is 17.9. The van der Waals surface area contributed by atoms with Crippen molar-refractivity contribution in [2.75, 3.05) is 20.3 Å². The van der Waals surface area contributed by atoms with E-state index >= 15 is 0 Å². The summed E-state index contributed by atoms with van der Waals surface area (Å²) in [4.78, 5) is 13.3. The lowest BCUT2D eigenvalue weighted by molar-refractivity contribution is -0.179. The van der Waals surface area contributed by atoms with Crippen LogP contribution in [-0.2, 0) is 19.0 Å². The fourth-order valence-electron chi connectivity index (χ4n) is 7.75. The van der Waals surface area contributed by atoms with Crippen molar-refractivity contribution in [2.45, 2.75) is 84.5 Å². The largest absolute Gasteiger partial charge is 0.380 e. The van der Waals surface area contributed by atoms with Crippen molar-refractivity contribution in [2.24, 2.45) is 34.5 Å². The number of rotatable bonds is 4. The third-order valence-corrected chi connectivity index (χ3v) is 9.32. The van der Waals surface area contributed by atoms with Gasteiger partial charge in [0.15, 0.2) is 5.79 Å². The Morgan fingerprint density at radius 2 is 1.78 bits per heavy atom. The average molecular weight is 379 g/mol. The van der Waals surface area contributed by atoms with Gasteiger partial charge in [0.2, 0.25) is 0 Å². The Labute approximate surface area is 164 Å². The summed E-state index contributed by atoms with van der Waals surface area (Å²) in [5.41, 5.74) is -0.0951. The molecule has 0 bridgehead atoms. The third-order valence-electron chi connectivity index (χ3n) is 9.32. The van der Waals surface area contributed by atoms with Crippen molar-refractivity contribution >= 4 is 5.78 Å². The van der Waals surface area contributed by atoms with Gasteiger partial charge in [-0.05, 0) is 68.6 Å². The van der Waals surface area contributed by atoms with E-state index in [0.717, 1.165) is 32.1 Å². The normalized spacial score (nSPS) is 49.1. The van der Waals surface area contributed by atoms with Gasteiger partial charge in [0.25, 0.3) is 0 Å². The van der Waals surface area contributed by atoms with Gasteiger partial charge >= 0.3 is 0 Å². The Kier molecular flexibility index (Phi) is 5.01. The third kappa shape index (κ3) is 2.85. The molecule has 4 rings (SSSR count). The molecular formula is C23H38O4. The molecule has 154 valence electrons. The van der Waals surface area contributed by atoms with Gasteiger partial charge < -0.3 is 14.2 Å². The number of carbonyl (C=O) groups is 1. The maximum atomic E-state index is 13.3. The van der Waals surface area contributed by atoms with Crippen LogP contribution in [-0.4, -0.2) is 38.0 Å². The minimum absolute atomic E-state index is 0.0877. The summed E-state index contributed by atoms with van der Waals surface area (Å²) in [6.07, 6.45) is 7.51. The average Bonchev–Trinajstić information content (AvgIpc) is 3.21. The molecule has 1 saturated heterocycles. The number of methoxy groups -OCH3 is 1. The highest BCUT2D eigenvalue weighted by atomic mass is 16.7. The van der Waals surface area contributed by atoms with Gasteiger partial charge in [-0.2, -0.15) is 0 Å². The predicted octanol–water partition coefficient (Wildman–Crippen LogP) is 4.60. The van der Waals surface area contributed by atoms with Crippen LogP contribution >= 0.6 is 0 Å². The molecule has 4 aliphatic rings. The first-order valence-corrected chi connectivity index (χ1v) is 11.1. The number of carbonyl (C=O) groups excluding carboxylic acids is 1. The molecule has 7 atom stereocenters. The quantitative estimate of drug-likeness (QED) is 0.717. The Balaban J connectivity index is 1.64. The second-order valence-corrected chi connectivity index (χ2v) is 10.4. The number of hydrogen-bond donors (Lipinski definition) is 0. The molecule has 0 N–H and O–H groups in total.